The molecule has 0 bridgehead atoms. The quantitative estimate of drug-likeness (QED) is 0.682. The van der Waals surface area contributed by atoms with Gasteiger partial charge in [0.15, 0.2) is 0 Å². The van der Waals surface area contributed by atoms with Gasteiger partial charge in [-0.15, -0.1) is 0 Å². The van der Waals surface area contributed by atoms with Crippen molar-refractivity contribution in [2.24, 2.45) is 0 Å². The molecule has 0 radical (unpaired) electrons. The van der Waals surface area contributed by atoms with E-state index in [1.54, 1.807) is 0 Å². The second-order valence-electron chi connectivity index (χ2n) is 5.04. The zero-order valence-corrected chi connectivity index (χ0v) is 13.9. The van der Waals surface area contributed by atoms with Crippen molar-refractivity contribution in [2.45, 2.75) is 11.3 Å². The molecule has 2 aromatic rings. The molecule has 132 valence electrons. The van der Waals surface area contributed by atoms with Crippen molar-refractivity contribution >= 4 is 27.6 Å². The van der Waals surface area contributed by atoms with Gasteiger partial charge in [0, 0.05) is 5.69 Å². The number of hydrogen-bond acceptors (Lipinski definition) is 5. The number of methoxy groups -OCH3 is 1. The summed E-state index contributed by atoms with van der Waals surface area (Å²) < 4.78 is 32.4. The summed E-state index contributed by atoms with van der Waals surface area (Å²) in [5.74, 6) is -2.26. The minimum atomic E-state index is -4.10. The van der Waals surface area contributed by atoms with E-state index in [9.17, 15) is 18.0 Å². The molecule has 9 heteroatoms. The van der Waals surface area contributed by atoms with Crippen LogP contribution in [0.25, 0.3) is 0 Å². The van der Waals surface area contributed by atoms with Gasteiger partial charge < -0.3 is 14.9 Å². The molecule has 0 fully saturated rings. The summed E-state index contributed by atoms with van der Waals surface area (Å²) in [6.45, 7) is 0. The Morgan fingerprint density at radius 3 is 2.24 bits per heavy atom. The molecule has 0 aromatic heterocycles. The molecule has 3 N–H and O–H groups in total. The number of aliphatic carboxylic acids is 1. The van der Waals surface area contributed by atoms with Crippen LogP contribution < -0.4 is 9.46 Å². The molecule has 0 atom stereocenters. The third-order valence-corrected chi connectivity index (χ3v) is 4.66. The lowest BCUT2D eigenvalue weighted by Gasteiger charge is -2.12. The van der Waals surface area contributed by atoms with Crippen molar-refractivity contribution in [3.63, 3.8) is 0 Å². The Hall–Kier alpha value is -3.07. The van der Waals surface area contributed by atoms with E-state index in [0.29, 0.717) is 5.56 Å². The van der Waals surface area contributed by atoms with E-state index in [1.807, 2.05) is 0 Å². The van der Waals surface area contributed by atoms with E-state index in [-0.39, 0.29) is 28.3 Å². The summed E-state index contributed by atoms with van der Waals surface area (Å²) in [7, 11) is -2.83. The van der Waals surface area contributed by atoms with Crippen molar-refractivity contribution in [1.82, 2.24) is 0 Å². The van der Waals surface area contributed by atoms with Gasteiger partial charge in [0.25, 0.3) is 10.0 Å². The van der Waals surface area contributed by atoms with Crippen LogP contribution in [0.1, 0.15) is 15.9 Å². The van der Waals surface area contributed by atoms with Crippen LogP contribution in [0.4, 0.5) is 5.69 Å². The van der Waals surface area contributed by atoms with Crippen LogP contribution in [0.15, 0.2) is 47.4 Å². The summed E-state index contributed by atoms with van der Waals surface area (Å²) in [6.07, 6.45) is -0.179. The smallest absolute Gasteiger partial charge is 0.335 e. The van der Waals surface area contributed by atoms with Gasteiger partial charge in [-0.05, 0) is 35.9 Å². The van der Waals surface area contributed by atoms with Gasteiger partial charge >= 0.3 is 11.9 Å². The number of carbonyl (C=O) groups is 2. The number of rotatable bonds is 7. The summed E-state index contributed by atoms with van der Waals surface area (Å²) in [5.41, 5.74) is 0.524. The predicted molar refractivity (Wildman–Crippen MR) is 88.5 cm³/mol. The number of aromatic carboxylic acids is 1. The van der Waals surface area contributed by atoms with Gasteiger partial charge in [0.05, 0.1) is 19.1 Å². The highest BCUT2D eigenvalue weighted by Gasteiger charge is 2.22. The minimum Gasteiger partial charge on any atom is -0.495 e. The van der Waals surface area contributed by atoms with Gasteiger partial charge in [0.2, 0.25) is 0 Å². The van der Waals surface area contributed by atoms with Gasteiger partial charge in [-0.25, -0.2) is 13.2 Å². The Morgan fingerprint density at radius 2 is 1.72 bits per heavy atom. The first kappa shape index (κ1) is 18.3. The fraction of sp³-hybridized carbons (Fsp3) is 0.125. The van der Waals surface area contributed by atoms with E-state index in [2.05, 4.69) is 4.72 Å². The number of nitrogens with one attached hydrogen (secondary N) is 1. The standard InChI is InChI=1S/C16H15NO7S/c1-24-13-7-4-11(16(20)21)9-14(13)25(22,23)17-12-5-2-10(3-6-12)8-15(18)19/h2-7,9,17H,8H2,1H3,(H,18,19)(H,20,21). The maximum atomic E-state index is 12.5. The number of sulfonamides is 1. The molecule has 0 aliphatic rings. The fourth-order valence-corrected chi connectivity index (χ4v) is 3.35. The lowest BCUT2D eigenvalue weighted by molar-refractivity contribution is -0.136. The first-order valence-electron chi connectivity index (χ1n) is 6.98. The van der Waals surface area contributed by atoms with Crippen LogP contribution >= 0.6 is 0 Å². The molecule has 8 nitrogen and oxygen atoms in total. The summed E-state index contributed by atoms with van der Waals surface area (Å²) >= 11 is 0. The third kappa shape index (κ3) is 4.48. The highest BCUT2D eigenvalue weighted by Crippen LogP contribution is 2.27. The van der Waals surface area contributed by atoms with Crippen LogP contribution in [-0.2, 0) is 21.2 Å². The molecular weight excluding hydrogens is 350 g/mol. The van der Waals surface area contributed by atoms with Crippen molar-refractivity contribution in [2.75, 3.05) is 11.8 Å². The topological polar surface area (TPSA) is 130 Å². The zero-order chi connectivity index (χ0) is 18.6. The molecule has 2 rings (SSSR count). The molecule has 0 unspecified atom stereocenters. The van der Waals surface area contributed by atoms with E-state index < -0.39 is 22.0 Å². The molecule has 2 aromatic carbocycles. The maximum Gasteiger partial charge on any atom is 0.335 e. The fourth-order valence-electron chi connectivity index (χ4n) is 2.10. The Bertz CT molecular complexity index is 905. The molecular formula is C16H15NO7S. The van der Waals surface area contributed by atoms with Crippen molar-refractivity contribution in [1.29, 1.82) is 0 Å². The SMILES string of the molecule is COc1ccc(C(=O)O)cc1S(=O)(=O)Nc1ccc(CC(=O)O)cc1. The van der Waals surface area contributed by atoms with Crippen LogP contribution in [0, 0.1) is 0 Å². The largest absolute Gasteiger partial charge is 0.495 e. The van der Waals surface area contributed by atoms with E-state index in [4.69, 9.17) is 14.9 Å². The first-order chi connectivity index (χ1) is 11.7. The molecule has 25 heavy (non-hydrogen) atoms. The van der Waals surface area contributed by atoms with Gasteiger partial charge in [-0.3, -0.25) is 9.52 Å². The molecule has 0 amide bonds. The second-order valence-corrected chi connectivity index (χ2v) is 6.69. The normalized spacial score (nSPS) is 10.9. The van der Waals surface area contributed by atoms with E-state index in [1.165, 1.54) is 43.5 Å². The Kier molecular flexibility index (Phi) is 5.28. The molecule has 0 saturated carbocycles. The number of carboxylic acids is 2. The predicted octanol–water partition coefficient (Wildman–Crippen LogP) is 1.82. The summed E-state index contributed by atoms with van der Waals surface area (Å²) in [4.78, 5) is 21.4. The molecule has 0 aliphatic carbocycles. The van der Waals surface area contributed by atoms with Crippen LogP contribution in [0.3, 0.4) is 0 Å². The lowest BCUT2D eigenvalue weighted by Crippen LogP contribution is -2.15. The van der Waals surface area contributed by atoms with Crippen molar-refractivity contribution < 1.29 is 33.0 Å². The van der Waals surface area contributed by atoms with E-state index >= 15 is 0 Å². The second kappa shape index (κ2) is 7.22. The Morgan fingerprint density at radius 1 is 1.08 bits per heavy atom. The van der Waals surface area contributed by atoms with Crippen molar-refractivity contribution in [3.8, 4) is 5.75 Å². The van der Waals surface area contributed by atoms with Gasteiger partial charge in [-0.2, -0.15) is 0 Å². The zero-order valence-electron chi connectivity index (χ0n) is 13.1. The Balaban J connectivity index is 2.34. The minimum absolute atomic E-state index is 0.00000245. The maximum absolute atomic E-state index is 12.5. The Labute approximate surface area is 143 Å². The van der Waals surface area contributed by atoms with Crippen LogP contribution in [0.5, 0.6) is 5.75 Å². The highest BCUT2D eigenvalue weighted by atomic mass is 32.2. The molecule has 0 aliphatic heterocycles. The number of benzene rings is 2. The van der Waals surface area contributed by atoms with Crippen LogP contribution in [0.2, 0.25) is 0 Å². The number of carboxylic acid groups (broad SMARTS) is 2. The average molecular weight is 365 g/mol. The third-order valence-electron chi connectivity index (χ3n) is 3.26. The van der Waals surface area contributed by atoms with Gasteiger partial charge in [-0.1, -0.05) is 12.1 Å². The molecule has 0 saturated heterocycles. The monoisotopic (exact) mass is 365 g/mol. The number of anilines is 1. The van der Waals surface area contributed by atoms with Crippen LogP contribution in [-0.4, -0.2) is 37.7 Å². The van der Waals surface area contributed by atoms with E-state index in [0.717, 1.165) is 6.07 Å². The molecule has 0 heterocycles. The number of ether oxygens (including phenoxy) is 1. The number of hydrogen-bond donors (Lipinski definition) is 3. The summed E-state index contributed by atoms with van der Waals surface area (Å²) in [6, 6.07) is 9.30. The van der Waals surface area contributed by atoms with Gasteiger partial charge in [0.1, 0.15) is 10.6 Å². The highest BCUT2D eigenvalue weighted by molar-refractivity contribution is 7.92. The van der Waals surface area contributed by atoms with Crippen molar-refractivity contribution in [3.05, 3.63) is 53.6 Å². The lowest BCUT2D eigenvalue weighted by atomic mass is 10.1. The molecule has 0 spiro atoms. The summed E-state index contributed by atoms with van der Waals surface area (Å²) in [5, 5.41) is 17.8. The average Bonchev–Trinajstić information content (AvgIpc) is 2.55. The first-order valence-corrected chi connectivity index (χ1v) is 8.46.